The fourth-order valence-electron chi connectivity index (χ4n) is 1.64. The first-order chi connectivity index (χ1) is 6.65. The number of halogens is 1. The number of hydrogen-bond acceptors (Lipinski definition) is 1. The number of fused-ring (bicyclic) bond motifs is 1. The first kappa shape index (κ1) is 9.52. The summed E-state index contributed by atoms with van der Waals surface area (Å²) in [6.07, 6.45) is 0. The number of aryl methyl sites for hydroxylation is 2. The lowest BCUT2D eigenvalue weighted by atomic mass is 10.2. The van der Waals surface area contributed by atoms with E-state index < -0.39 is 0 Å². The Bertz CT molecular complexity index is 539. The van der Waals surface area contributed by atoms with Crippen molar-refractivity contribution in [1.29, 1.82) is 0 Å². The van der Waals surface area contributed by atoms with Crippen LogP contribution in [0.1, 0.15) is 5.56 Å². The summed E-state index contributed by atoms with van der Waals surface area (Å²) in [4.78, 5) is 11.6. The maximum absolute atomic E-state index is 11.6. The second-order valence-electron chi connectivity index (χ2n) is 3.36. The van der Waals surface area contributed by atoms with Gasteiger partial charge in [-0.05, 0) is 17.7 Å². The Morgan fingerprint density at radius 3 is 2.50 bits per heavy atom. The molecule has 1 aromatic heterocycles. The molecule has 1 heterocycles. The van der Waals surface area contributed by atoms with Crippen LogP contribution < -0.4 is 5.69 Å². The van der Waals surface area contributed by atoms with E-state index in [1.807, 2.05) is 18.2 Å². The number of aromatic nitrogens is 2. The largest absolute Gasteiger partial charge is 0.328 e. The Hall–Kier alpha value is -1.03. The third-order valence-electron chi connectivity index (χ3n) is 2.49. The van der Waals surface area contributed by atoms with E-state index >= 15 is 0 Å². The van der Waals surface area contributed by atoms with Crippen LogP contribution in [0.5, 0.6) is 0 Å². The maximum atomic E-state index is 11.6. The van der Waals surface area contributed by atoms with Crippen LogP contribution in [0.3, 0.4) is 0 Å². The van der Waals surface area contributed by atoms with E-state index in [-0.39, 0.29) is 5.69 Å². The summed E-state index contributed by atoms with van der Waals surface area (Å²) in [6.45, 7) is 0. The number of benzene rings is 1. The van der Waals surface area contributed by atoms with Gasteiger partial charge in [0.05, 0.1) is 11.0 Å². The van der Waals surface area contributed by atoms with Crippen LogP contribution in [-0.2, 0) is 19.4 Å². The van der Waals surface area contributed by atoms with Crippen LogP contribution in [0.25, 0.3) is 11.0 Å². The van der Waals surface area contributed by atoms with Gasteiger partial charge >= 0.3 is 5.69 Å². The molecule has 2 rings (SSSR count). The van der Waals surface area contributed by atoms with Crippen molar-refractivity contribution in [3.8, 4) is 0 Å². The zero-order valence-corrected chi connectivity index (χ0v) is 9.71. The summed E-state index contributed by atoms with van der Waals surface area (Å²) in [5, 5.41) is 0.812. The van der Waals surface area contributed by atoms with Crippen molar-refractivity contribution in [3.63, 3.8) is 0 Å². The van der Waals surface area contributed by atoms with E-state index in [1.165, 1.54) is 5.56 Å². The number of nitrogens with zero attached hydrogens (tertiary/aromatic N) is 2. The minimum atomic E-state index is 0.0201. The molecule has 0 saturated heterocycles. The topological polar surface area (TPSA) is 26.9 Å². The highest BCUT2D eigenvalue weighted by Gasteiger charge is 2.06. The van der Waals surface area contributed by atoms with E-state index in [0.29, 0.717) is 0 Å². The Kier molecular flexibility index (Phi) is 2.23. The molecule has 2 aromatic rings. The molecule has 1 aromatic carbocycles. The average Bonchev–Trinajstić information content (AvgIpc) is 2.44. The van der Waals surface area contributed by atoms with Gasteiger partial charge in [-0.2, -0.15) is 0 Å². The van der Waals surface area contributed by atoms with Gasteiger partial charge in [-0.25, -0.2) is 4.79 Å². The van der Waals surface area contributed by atoms with Crippen LogP contribution in [0.15, 0.2) is 23.0 Å². The fraction of sp³-hybridized carbons (Fsp3) is 0.300. The molecule has 0 N–H and O–H groups in total. The van der Waals surface area contributed by atoms with Crippen LogP contribution in [0.2, 0.25) is 0 Å². The quantitative estimate of drug-likeness (QED) is 0.713. The monoisotopic (exact) mass is 254 g/mol. The van der Waals surface area contributed by atoms with Crippen molar-refractivity contribution in [2.75, 3.05) is 0 Å². The Balaban J connectivity index is 2.89. The normalized spacial score (nSPS) is 11.1. The van der Waals surface area contributed by atoms with E-state index in [9.17, 15) is 4.79 Å². The third-order valence-corrected chi connectivity index (χ3v) is 3.14. The lowest BCUT2D eigenvalue weighted by Crippen LogP contribution is -2.19. The van der Waals surface area contributed by atoms with E-state index in [2.05, 4.69) is 15.9 Å². The molecule has 0 bridgehead atoms. The molecule has 0 atom stereocenters. The molecular weight excluding hydrogens is 244 g/mol. The first-order valence-electron chi connectivity index (χ1n) is 4.35. The lowest BCUT2D eigenvalue weighted by Gasteiger charge is -1.97. The van der Waals surface area contributed by atoms with Crippen molar-refractivity contribution >= 4 is 27.0 Å². The molecule has 0 radical (unpaired) electrons. The van der Waals surface area contributed by atoms with Crippen LogP contribution in [0.4, 0.5) is 0 Å². The minimum Gasteiger partial charge on any atom is -0.295 e. The lowest BCUT2D eigenvalue weighted by molar-refractivity contribution is 0.795. The summed E-state index contributed by atoms with van der Waals surface area (Å²) in [5.41, 5.74) is 3.15. The van der Waals surface area contributed by atoms with Gasteiger partial charge in [0.15, 0.2) is 0 Å². The molecule has 0 saturated carbocycles. The highest BCUT2D eigenvalue weighted by molar-refractivity contribution is 9.08. The van der Waals surface area contributed by atoms with Crippen LogP contribution in [0, 0.1) is 0 Å². The predicted molar refractivity (Wildman–Crippen MR) is 60.8 cm³/mol. The number of alkyl halides is 1. The molecule has 4 heteroatoms. The van der Waals surface area contributed by atoms with Gasteiger partial charge in [0.1, 0.15) is 0 Å². The molecule has 0 aliphatic rings. The maximum Gasteiger partial charge on any atom is 0.328 e. The summed E-state index contributed by atoms with van der Waals surface area (Å²) in [5.74, 6) is 0. The Morgan fingerprint density at radius 2 is 1.86 bits per heavy atom. The molecule has 0 fully saturated rings. The molecule has 0 spiro atoms. The molecule has 0 aliphatic carbocycles. The average molecular weight is 255 g/mol. The minimum absolute atomic E-state index is 0.0201. The summed E-state index contributed by atoms with van der Waals surface area (Å²) in [7, 11) is 3.58. The summed E-state index contributed by atoms with van der Waals surface area (Å²) < 4.78 is 3.33. The highest BCUT2D eigenvalue weighted by atomic mass is 79.9. The van der Waals surface area contributed by atoms with Crippen molar-refractivity contribution in [2.24, 2.45) is 14.1 Å². The second-order valence-corrected chi connectivity index (χ2v) is 3.92. The molecule has 3 nitrogen and oxygen atoms in total. The Labute approximate surface area is 90.1 Å². The zero-order chi connectivity index (χ0) is 10.3. The van der Waals surface area contributed by atoms with Crippen LogP contribution in [-0.4, -0.2) is 9.13 Å². The van der Waals surface area contributed by atoms with Gasteiger partial charge < -0.3 is 0 Å². The predicted octanol–water partition coefficient (Wildman–Crippen LogP) is 1.77. The molecule has 74 valence electrons. The first-order valence-corrected chi connectivity index (χ1v) is 5.47. The summed E-state index contributed by atoms with van der Waals surface area (Å²) >= 11 is 3.40. The van der Waals surface area contributed by atoms with Gasteiger partial charge in [-0.15, -0.1) is 0 Å². The van der Waals surface area contributed by atoms with E-state index in [0.717, 1.165) is 16.4 Å². The number of rotatable bonds is 1. The van der Waals surface area contributed by atoms with Gasteiger partial charge in [-0.1, -0.05) is 22.0 Å². The van der Waals surface area contributed by atoms with Crippen molar-refractivity contribution < 1.29 is 0 Å². The van der Waals surface area contributed by atoms with Gasteiger partial charge in [0.25, 0.3) is 0 Å². The second kappa shape index (κ2) is 3.28. The number of hydrogen-bond donors (Lipinski definition) is 0. The molecule has 0 unspecified atom stereocenters. The molecule has 0 aliphatic heterocycles. The van der Waals surface area contributed by atoms with Crippen molar-refractivity contribution in [2.45, 2.75) is 5.33 Å². The molecular formula is C10H11BrN2O. The van der Waals surface area contributed by atoms with Gasteiger partial charge in [-0.3, -0.25) is 9.13 Å². The fourth-order valence-corrected chi connectivity index (χ4v) is 1.98. The standard InChI is InChI=1S/C10H11BrN2O/c1-12-8-4-3-7(6-11)5-9(8)13(2)10(12)14/h3-5H,6H2,1-2H3. The van der Waals surface area contributed by atoms with Gasteiger partial charge in [0.2, 0.25) is 0 Å². The van der Waals surface area contributed by atoms with E-state index in [4.69, 9.17) is 0 Å². The smallest absolute Gasteiger partial charge is 0.295 e. The Morgan fingerprint density at radius 1 is 1.21 bits per heavy atom. The van der Waals surface area contributed by atoms with Crippen molar-refractivity contribution in [3.05, 3.63) is 34.2 Å². The third kappa shape index (κ3) is 1.21. The molecule has 14 heavy (non-hydrogen) atoms. The van der Waals surface area contributed by atoms with Crippen LogP contribution >= 0.6 is 15.9 Å². The number of imidazole rings is 1. The molecule has 0 amide bonds. The van der Waals surface area contributed by atoms with Gasteiger partial charge in [0, 0.05) is 19.4 Å². The summed E-state index contributed by atoms with van der Waals surface area (Å²) in [6, 6.07) is 6.04. The van der Waals surface area contributed by atoms with Crippen molar-refractivity contribution in [1.82, 2.24) is 9.13 Å². The van der Waals surface area contributed by atoms with E-state index in [1.54, 1.807) is 23.2 Å². The highest BCUT2D eigenvalue weighted by Crippen LogP contribution is 2.15. The SMILES string of the molecule is Cn1c(=O)n(C)c2cc(CBr)ccc21. The zero-order valence-electron chi connectivity index (χ0n) is 8.12.